The fourth-order valence-corrected chi connectivity index (χ4v) is 4.62. The number of carbonyl (C=O) groups is 1. The summed E-state index contributed by atoms with van der Waals surface area (Å²) in [6.45, 7) is 12.0. The SMILES string of the molecule is CCN(CC)c1c(C=C2SC(=S)N(CCC(C)C)C2=O)c(C)c(C#N)c(=O)n1C. The number of pyridine rings is 1. The van der Waals surface area contributed by atoms with Crippen LogP contribution in [-0.2, 0) is 11.8 Å². The molecule has 0 radical (unpaired) electrons. The Kier molecular flexibility index (Phi) is 7.66. The molecule has 1 aliphatic rings. The van der Waals surface area contributed by atoms with E-state index in [1.165, 1.54) is 16.3 Å². The third-order valence-electron chi connectivity index (χ3n) is 5.11. The van der Waals surface area contributed by atoms with E-state index in [-0.39, 0.29) is 17.0 Å². The normalized spacial score (nSPS) is 15.5. The number of thiocarbonyl (C=S) groups is 1. The van der Waals surface area contributed by atoms with Gasteiger partial charge in [-0.15, -0.1) is 0 Å². The van der Waals surface area contributed by atoms with Crippen molar-refractivity contribution in [2.45, 2.75) is 41.0 Å². The first-order chi connectivity index (χ1) is 13.7. The zero-order valence-electron chi connectivity index (χ0n) is 17.9. The molecule has 0 unspecified atom stereocenters. The van der Waals surface area contributed by atoms with Crippen LogP contribution in [0.15, 0.2) is 9.70 Å². The fourth-order valence-electron chi connectivity index (χ4n) is 3.33. The molecule has 1 aromatic heterocycles. The molecule has 0 saturated carbocycles. The minimum Gasteiger partial charge on any atom is -0.358 e. The number of nitriles is 1. The first kappa shape index (κ1) is 23.2. The molecule has 1 fully saturated rings. The van der Waals surface area contributed by atoms with Crippen molar-refractivity contribution in [3.05, 3.63) is 31.9 Å². The van der Waals surface area contributed by atoms with Crippen LogP contribution in [-0.4, -0.2) is 39.3 Å². The molecular weight excluding hydrogens is 404 g/mol. The molecule has 1 aromatic rings. The van der Waals surface area contributed by atoms with Crippen LogP contribution < -0.4 is 10.5 Å². The van der Waals surface area contributed by atoms with Crippen LogP contribution in [0.4, 0.5) is 5.82 Å². The Morgan fingerprint density at radius 2 is 1.90 bits per heavy atom. The van der Waals surface area contributed by atoms with Crippen molar-refractivity contribution in [3.63, 3.8) is 0 Å². The van der Waals surface area contributed by atoms with Gasteiger partial charge in [0, 0.05) is 32.2 Å². The highest BCUT2D eigenvalue weighted by molar-refractivity contribution is 8.26. The second-order valence-electron chi connectivity index (χ2n) is 7.40. The number of thioether (sulfide) groups is 1. The van der Waals surface area contributed by atoms with Crippen molar-refractivity contribution in [1.29, 1.82) is 5.26 Å². The van der Waals surface area contributed by atoms with Gasteiger partial charge in [0.25, 0.3) is 11.5 Å². The van der Waals surface area contributed by atoms with Gasteiger partial charge in [-0.25, -0.2) is 0 Å². The molecule has 0 spiro atoms. The zero-order valence-corrected chi connectivity index (χ0v) is 19.5. The highest BCUT2D eigenvalue weighted by atomic mass is 32.2. The number of carbonyl (C=O) groups excluding carboxylic acids is 1. The van der Waals surface area contributed by atoms with Crippen LogP contribution in [0, 0.1) is 24.2 Å². The number of hydrogen-bond donors (Lipinski definition) is 0. The number of anilines is 1. The Balaban J connectivity index is 2.64. The van der Waals surface area contributed by atoms with Crippen molar-refractivity contribution >= 4 is 46.1 Å². The van der Waals surface area contributed by atoms with Crippen molar-refractivity contribution in [2.24, 2.45) is 13.0 Å². The van der Waals surface area contributed by atoms with E-state index in [9.17, 15) is 14.9 Å². The van der Waals surface area contributed by atoms with Crippen LogP contribution in [0.5, 0.6) is 0 Å². The van der Waals surface area contributed by atoms with Crippen LogP contribution in [0.2, 0.25) is 0 Å². The number of amides is 1. The summed E-state index contributed by atoms with van der Waals surface area (Å²) in [6, 6.07) is 2.02. The van der Waals surface area contributed by atoms with E-state index in [1.54, 1.807) is 24.9 Å². The Morgan fingerprint density at radius 3 is 2.41 bits per heavy atom. The zero-order chi connectivity index (χ0) is 21.9. The average Bonchev–Trinajstić information content (AvgIpc) is 2.94. The van der Waals surface area contributed by atoms with E-state index in [4.69, 9.17) is 12.2 Å². The molecule has 1 saturated heterocycles. The van der Waals surface area contributed by atoms with Crippen molar-refractivity contribution in [3.8, 4) is 6.07 Å². The van der Waals surface area contributed by atoms with E-state index in [1.807, 2.05) is 19.9 Å². The van der Waals surface area contributed by atoms with E-state index in [0.717, 1.165) is 12.0 Å². The van der Waals surface area contributed by atoms with E-state index < -0.39 is 0 Å². The summed E-state index contributed by atoms with van der Waals surface area (Å²) in [5.41, 5.74) is 1.08. The molecule has 2 rings (SSSR count). The lowest BCUT2D eigenvalue weighted by Gasteiger charge is -2.27. The molecule has 1 aliphatic heterocycles. The Bertz CT molecular complexity index is 953. The van der Waals surface area contributed by atoms with E-state index in [2.05, 4.69) is 18.7 Å². The van der Waals surface area contributed by atoms with Gasteiger partial charge in [-0.3, -0.25) is 19.1 Å². The Hall–Kier alpha value is -2.11. The standard InChI is InChI=1S/C21H28N4O2S2/c1-7-24(8-2)18-15(14(5)16(12-22)19(26)23(18)6)11-17-20(27)25(21(28)29-17)10-9-13(3)4/h11,13H,7-10H2,1-6H3. The predicted molar refractivity (Wildman–Crippen MR) is 124 cm³/mol. The summed E-state index contributed by atoms with van der Waals surface area (Å²) in [5, 5.41) is 9.51. The average molecular weight is 433 g/mol. The van der Waals surface area contributed by atoms with Crippen LogP contribution in [0.3, 0.4) is 0 Å². The van der Waals surface area contributed by atoms with Gasteiger partial charge in [-0.1, -0.05) is 37.8 Å². The molecule has 0 bridgehead atoms. The largest absolute Gasteiger partial charge is 0.358 e. The van der Waals surface area contributed by atoms with Crippen LogP contribution in [0.1, 0.15) is 50.8 Å². The van der Waals surface area contributed by atoms with Gasteiger partial charge in [-0.05, 0) is 44.7 Å². The minimum absolute atomic E-state index is 0.102. The summed E-state index contributed by atoms with van der Waals surface area (Å²) in [6.07, 6.45) is 2.67. The second kappa shape index (κ2) is 9.59. The Labute approximate surface area is 182 Å². The molecule has 0 atom stereocenters. The van der Waals surface area contributed by atoms with Gasteiger partial charge in [0.15, 0.2) is 0 Å². The van der Waals surface area contributed by atoms with Crippen LogP contribution >= 0.6 is 24.0 Å². The molecule has 8 heteroatoms. The number of rotatable bonds is 7. The summed E-state index contributed by atoms with van der Waals surface area (Å²) in [5.74, 6) is 1.07. The quantitative estimate of drug-likeness (QED) is 0.484. The van der Waals surface area contributed by atoms with Gasteiger partial charge in [0.05, 0.1) is 4.91 Å². The van der Waals surface area contributed by atoms with Gasteiger partial charge >= 0.3 is 0 Å². The summed E-state index contributed by atoms with van der Waals surface area (Å²) >= 11 is 6.71. The molecule has 0 aliphatic carbocycles. The molecule has 1 amide bonds. The van der Waals surface area contributed by atoms with Gasteiger partial charge in [0.1, 0.15) is 21.8 Å². The topological polar surface area (TPSA) is 69.3 Å². The van der Waals surface area contributed by atoms with E-state index >= 15 is 0 Å². The first-order valence-corrected chi connectivity index (χ1v) is 11.0. The maximum atomic E-state index is 13.0. The number of aromatic nitrogens is 1. The minimum atomic E-state index is -0.325. The fraction of sp³-hybridized carbons (Fsp3) is 0.524. The lowest BCUT2D eigenvalue weighted by atomic mass is 10.0. The van der Waals surface area contributed by atoms with E-state index in [0.29, 0.717) is 46.2 Å². The van der Waals surface area contributed by atoms with Gasteiger partial charge in [-0.2, -0.15) is 5.26 Å². The van der Waals surface area contributed by atoms with Crippen molar-refractivity contribution < 1.29 is 4.79 Å². The highest BCUT2D eigenvalue weighted by Crippen LogP contribution is 2.35. The summed E-state index contributed by atoms with van der Waals surface area (Å²) < 4.78 is 2.05. The molecule has 0 N–H and O–H groups in total. The van der Waals surface area contributed by atoms with Gasteiger partial charge < -0.3 is 4.90 Å². The molecular formula is C21H28N4O2S2. The lowest BCUT2D eigenvalue weighted by molar-refractivity contribution is -0.122. The van der Waals surface area contributed by atoms with Crippen LogP contribution in [0.25, 0.3) is 6.08 Å². The highest BCUT2D eigenvalue weighted by Gasteiger charge is 2.32. The monoisotopic (exact) mass is 432 g/mol. The molecule has 2 heterocycles. The smallest absolute Gasteiger partial charge is 0.270 e. The molecule has 6 nitrogen and oxygen atoms in total. The maximum Gasteiger partial charge on any atom is 0.270 e. The Morgan fingerprint density at radius 1 is 1.28 bits per heavy atom. The third-order valence-corrected chi connectivity index (χ3v) is 6.49. The van der Waals surface area contributed by atoms with Gasteiger partial charge in [0.2, 0.25) is 0 Å². The second-order valence-corrected chi connectivity index (χ2v) is 9.08. The molecule has 156 valence electrons. The lowest BCUT2D eigenvalue weighted by Crippen LogP contribution is -2.33. The maximum absolute atomic E-state index is 13.0. The van der Waals surface area contributed by atoms with Crippen molar-refractivity contribution in [1.82, 2.24) is 9.47 Å². The molecule has 0 aromatic carbocycles. The summed E-state index contributed by atoms with van der Waals surface area (Å²) in [4.78, 5) is 29.9. The predicted octanol–water partition coefficient (Wildman–Crippen LogP) is 3.66. The number of hydrogen-bond acceptors (Lipinski definition) is 6. The van der Waals surface area contributed by atoms with Crippen molar-refractivity contribution in [2.75, 3.05) is 24.5 Å². The summed E-state index contributed by atoms with van der Waals surface area (Å²) in [7, 11) is 1.67. The number of nitrogens with zero attached hydrogens (tertiary/aromatic N) is 4. The first-order valence-electron chi connectivity index (χ1n) is 9.81. The molecule has 29 heavy (non-hydrogen) atoms. The third kappa shape index (κ3) is 4.57.